The second kappa shape index (κ2) is 7.54. The summed E-state index contributed by atoms with van der Waals surface area (Å²) in [5.74, 6) is 0.443. The fourth-order valence-corrected chi connectivity index (χ4v) is 2.18. The summed E-state index contributed by atoms with van der Waals surface area (Å²) in [6.45, 7) is 4.50. The SMILES string of the molecule is COc1ccc(C(=O)O)cc1NCc1cccc(OC(C)C)c1. The number of ether oxygens (including phenoxy) is 2. The first-order valence-electron chi connectivity index (χ1n) is 7.40. The van der Waals surface area contributed by atoms with E-state index < -0.39 is 5.97 Å². The van der Waals surface area contributed by atoms with Crippen molar-refractivity contribution in [3.8, 4) is 11.5 Å². The van der Waals surface area contributed by atoms with E-state index in [0.717, 1.165) is 11.3 Å². The quantitative estimate of drug-likeness (QED) is 0.813. The molecule has 0 saturated heterocycles. The van der Waals surface area contributed by atoms with E-state index in [1.54, 1.807) is 19.2 Å². The molecule has 0 aromatic heterocycles. The lowest BCUT2D eigenvalue weighted by Gasteiger charge is -2.14. The summed E-state index contributed by atoms with van der Waals surface area (Å²) < 4.78 is 10.9. The molecule has 0 aliphatic carbocycles. The highest BCUT2D eigenvalue weighted by atomic mass is 16.5. The maximum Gasteiger partial charge on any atom is 0.335 e. The van der Waals surface area contributed by atoms with Gasteiger partial charge in [-0.05, 0) is 49.7 Å². The molecule has 0 atom stereocenters. The molecule has 0 fully saturated rings. The van der Waals surface area contributed by atoms with Crippen LogP contribution >= 0.6 is 0 Å². The van der Waals surface area contributed by atoms with E-state index in [-0.39, 0.29) is 11.7 Å². The number of methoxy groups -OCH3 is 1. The van der Waals surface area contributed by atoms with Gasteiger partial charge in [-0.25, -0.2) is 4.79 Å². The third-order valence-corrected chi connectivity index (χ3v) is 3.20. The monoisotopic (exact) mass is 315 g/mol. The molecule has 0 saturated carbocycles. The van der Waals surface area contributed by atoms with E-state index >= 15 is 0 Å². The summed E-state index contributed by atoms with van der Waals surface area (Å²) in [6, 6.07) is 12.5. The number of anilines is 1. The second-order valence-electron chi connectivity index (χ2n) is 5.39. The highest BCUT2D eigenvalue weighted by Gasteiger charge is 2.09. The molecule has 5 heteroatoms. The number of hydrogen-bond acceptors (Lipinski definition) is 4. The Morgan fingerprint density at radius 1 is 1.22 bits per heavy atom. The Balaban J connectivity index is 2.14. The van der Waals surface area contributed by atoms with Gasteiger partial charge in [0.25, 0.3) is 0 Å². The van der Waals surface area contributed by atoms with Crippen molar-refractivity contribution >= 4 is 11.7 Å². The van der Waals surface area contributed by atoms with Gasteiger partial charge >= 0.3 is 5.97 Å². The summed E-state index contributed by atoms with van der Waals surface area (Å²) in [7, 11) is 1.55. The average molecular weight is 315 g/mol. The van der Waals surface area contributed by atoms with Crippen molar-refractivity contribution in [1.82, 2.24) is 0 Å². The molecule has 0 unspecified atom stereocenters. The molecule has 23 heavy (non-hydrogen) atoms. The predicted molar refractivity (Wildman–Crippen MR) is 89.5 cm³/mol. The molecule has 2 aromatic carbocycles. The van der Waals surface area contributed by atoms with E-state index in [4.69, 9.17) is 14.6 Å². The predicted octanol–water partition coefficient (Wildman–Crippen LogP) is 3.79. The fraction of sp³-hybridized carbons (Fsp3) is 0.278. The summed E-state index contributed by atoms with van der Waals surface area (Å²) in [4.78, 5) is 11.1. The zero-order chi connectivity index (χ0) is 16.8. The molecule has 0 amide bonds. The van der Waals surface area contributed by atoms with E-state index in [1.807, 2.05) is 38.1 Å². The van der Waals surface area contributed by atoms with Crippen LogP contribution < -0.4 is 14.8 Å². The van der Waals surface area contributed by atoms with Crippen LogP contribution in [0.3, 0.4) is 0 Å². The Kier molecular flexibility index (Phi) is 5.46. The van der Waals surface area contributed by atoms with Crippen molar-refractivity contribution in [3.63, 3.8) is 0 Å². The van der Waals surface area contributed by atoms with Gasteiger partial charge in [-0.2, -0.15) is 0 Å². The summed E-state index contributed by atoms with van der Waals surface area (Å²) >= 11 is 0. The first-order valence-corrected chi connectivity index (χ1v) is 7.40. The normalized spacial score (nSPS) is 10.4. The van der Waals surface area contributed by atoms with Gasteiger partial charge in [0, 0.05) is 6.54 Å². The molecule has 0 bridgehead atoms. The molecule has 0 aliphatic rings. The molecular weight excluding hydrogens is 294 g/mol. The van der Waals surface area contributed by atoms with Gasteiger partial charge in [-0.3, -0.25) is 0 Å². The van der Waals surface area contributed by atoms with Crippen molar-refractivity contribution in [1.29, 1.82) is 0 Å². The van der Waals surface area contributed by atoms with Crippen molar-refractivity contribution < 1.29 is 19.4 Å². The van der Waals surface area contributed by atoms with Crippen LogP contribution in [0, 0.1) is 0 Å². The van der Waals surface area contributed by atoms with Crippen LogP contribution in [0.1, 0.15) is 29.8 Å². The maximum atomic E-state index is 11.1. The van der Waals surface area contributed by atoms with Crippen LogP contribution in [0.15, 0.2) is 42.5 Å². The topological polar surface area (TPSA) is 67.8 Å². The first kappa shape index (κ1) is 16.7. The van der Waals surface area contributed by atoms with Crippen molar-refractivity contribution in [2.45, 2.75) is 26.5 Å². The highest BCUT2D eigenvalue weighted by Crippen LogP contribution is 2.26. The van der Waals surface area contributed by atoms with Crippen LogP contribution in [-0.2, 0) is 6.54 Å². The second-order valence-corrected chi connectivity index (χ2v) is 5.39. The van der Waals surface area contributed by atoms with Crippen molar-refractivity contribution in [2.24, 2.45) is 0 Å². The molecule has 0 radical (unpaired) electrons. The number of hydrogen-bond donors (Lipinski definition) is 2. The number of carboxylic acid groups (broad SMARTS) is 1. The largest absolute Gasteiger partial charge is 0.495 e. The number of carbonyl (C=O) groups is 1. The number of rotatable bonds is 7. The van der Waals surface area contributed by atoms with Gasteiger partial charge in [0.15, 0.2) is 0 Å². The minimum Gasteiger partial charge on any atom is -0.495 e. The molecule has 0 spiro atoms. The number of aromatic carboxylic acids is 1. The molecule has 2 N–H and O–H groups in total. The lowest BCUT2D eigenvalue weighted by atomic mass is 10.1. The van der Waals surface area contributed by atoms with Crippen LogP contribution in [0.5, 0.6) is 11.5 Å². The van der Waals surface area contributed by atoms with E-state index in [9.17, 15) is 4.79 Å². The van der Waals surface area contributed by atoms with Crippen LogP contribution in [0.25, 0.3) is 0 Å². The van der Waals surface area contributed by atoms with Crippen molar-refractivity contribution in [3.05, 3.63) is 53.6 Å². The van der Waals surface area contributed by atoms with Gasteiger partial charge in [0.05, 0.1) is 24.5 Å². The van der Waals surface area contributed by atoms with E-state index in [1.165, 1.54) is 6.07 Å². The van der Waals surface area contributed by atoms with Crippen LogP contribution in [0.4, 0.5) is 5.69 Å². The molecule has 2 rings (SSSR count). The average Bonchev–Trinajstić information content (AvgIpc) is 2.52. The van der Waals surface area contributed by atoms with E-state index in [2.05, 4.69) is 5.32 Å². The van der Waals surface area contributed by atoms with Crippen molar-refractivity contribution in [2.75, 3.05) is 12.4 Å². The van der Waals surface area contributed by atoms with Gasteiger partial charge in [-0.1, -0.05) is 12.1 Å². The van der Waals surface area contributed by atoms with Gasteiger partial charge in [0.2, 0.25) is 0 Å². The standard InChI is InChI=1S/C18H21NO4/c1-12(2)23-15-6-4-5-13(9-15)11-19-16-10-14(18(20)21)7-8-17(16)22-3/h4-10,12,19H,11H2,1-3H3,(H,20,21). The summed E-state index contributed by atoms with van der Waals surface area (Å²) in [6.07, 6.45) is 0.116. The van der Waals surface area contributed by atoms with Crippen LogP contribution in [-0.4, -0.2) is 24.3 Å². The smallest absolute Gasteiger partial charge is 0.335 e. The fourth-order valence-electron chi connectivity index (χ4n) is 2.18. The molecule has 5 nitrogen and oxygen atoms in total. The molecular formula is C18H21NO4. The van der Waals surface area contributed by atoms with E-state index in [0.29, 0.717) is 18.0 Å². The number of benzene rings is 2. The van der Waals surface area contributed by atoms with Crippen LogP contribution in [0.2, 0.25) is 0 Å². The first-order chi connectivity index (χ1) is 11.0. The van der Waals surface area contributed by atoms with Gasteiger partial charge in [-0.15, -0.1) is 0 Å². The Bertz CT molecular complexity index is 682. The number of nitrogens with one attached hydrogen (secondary N) is 1. The minimum atomic E-state index is -0.969. The Hall–Kier alpha value is -2.69. The molecule has 0 heterocycles. The lowest BCUT2D eigenvalue weighted by Crippen LogP contribution is -2.07. The Labute approximate surface area is 135 Å². The van der Waals surface area contributed by atoms with Gasteiger partial charge < -0.3 is 19.9 Å². The highest BCUT2D eigenvalue weighted by molar-refractivity contribution is 5.89. The zero-order valence-electron chi connectivity index (χ0n) is 13.5. The third-order valence-electron chi connectivity index (χ3n) is 3.20. The lowest BCUT2D eigenvalue weighted by molar-refractivity contribution is 0.0697. The third kappa shape index (κ3) is 4.64. The zero-order valence-corrected chi connectivity index (χ0v) is 13.5. The maximum absolute atomic E-state index is 11.1. The molecule has 2 aromatic rings. The molecule has 0 aliphatic heterocycles. The Morgan fingerprint density at radius 3 is 2.65 bits per heavy atom. The molecule has 122 valence electrons. The Morgan fingerprint density at radius 2 is 2.00 bits per heavy atom. The van der Waals surface area contributed by atoms with Gasteiger partial charge in [0.1, 0.15) is 11.5 Å². The summed E-state index contributed by atoms with van der Waals surface area (Å²) in [5.41, 5.74) is 1.89. The minimum absolute atomic E-state index is 0.116. The number of carboxylic acids is 1. The summed E-state index contributed by atoms with van der Waals surface area (Å²) in [5, 5.41) is 12.3.